The van der Waals surface area contributed by atoms with Gasteiger partial charge in [0.15, 0.2) is 0 Å². The van der Waals surface area contributed by atoms with Crippen LogP contribution in [0.5, 0.6) is 0 Å². The molecule has 1 aromatic carbocycles. The molecule has 1 N–H and O–H groups in total. The topological polar surface area (TPSA) is 12.0 Å². The summed E-state index contributed by atoms with van der Waals surface area (Å²) in [6, 6.07) is 9.88. The maximum Gasteiger partial charge on any atom is 0.00683 e. The molecule has 0 aliphatic heterocycles. The van der Waals surface area contributed by atoms with E-state index in [1.54, 1.807) is 0 Å². The van der Waals surface area contributed by atoms with Gasteiger partial charge in [-0.05, 0) is 50.1 Å². The SMILES string of the molecule is CCC(C)C(CNC1CC1)Cc1ccc(C)cc1. The fourth-order valence-corrected chi connectivity index (χ4v) is 2.44. The van der Waals surface area contributed by atoms with Gasteiger partial charge in [-0.3, -0.25) is 0 Å². The first-order chi connectivity index (χ1) is 8.69. The zero-order valence-electron chi connectivity index (χ0n) is 12.1. The normalized spacial score (nSPS) is 18.6. The van der Waals surface area contributed by atoms with Crippen LogP contribution in [0.2, 0.25) is 0 Å². The van der Waals surface area contributed by atoms with E-state index in [9.17, 15) is 0 Å². The van der Waals surface area contributed by atoms with Crippen LogP contribution >= 0.6 is 0 Å². The van der Waals surface area contributed by atoms with Gasteiger partial charge < -0.3 is 5.32 Å². The van der Waals surface area contributed by atoms with Crippen molar-refractivity contribution in [2.45, 2.75) is 52.5 Å². The Morgan fingerprint density at radius 2 is 1.89 bits per heavy atom. The summed E-state index contributed by atoms with van der Waals surface area (Å²) in [7, 11) is 0. The monoisotopic (exact) mass is 245 g/mol. The van der Waals surface area contributed by atoms with Crippen molar-refractivity contribution in [2.75, 3.05) is 6.54 Å². The maximum atomic E-state index is 3.70. The van der Waals surface area contributed by atoms with Crippen molar-refractivity contribution in [1.82, 2.24) is 5.32 Å². The van der Waals surface area contributed by atoms with Crippen molar-refractivity contribution in [3.05, 3.63) is 35.4 Å². The van der Waals surface area contributed by atoms with Crippen molar-refractivity contribution < 1.29 is 0 Å². The summed E-state index contributed by atoms with van der Waals surface area (Å²) >= 11 is 0. The molecule has 0 radical (unpaired) electrons. The molecule has 1 aliphatic carbocycles. The van der Waals surface area contributed by atoms with Gasteiger partial charge >= 0.3 is 0 Å². The molecule has 1 aliphatic rings. The maximum absolute atomic E-state index is 3.70. The highest BCUT2D eigenvalue weighted by molar-refractivity contribution is 5.21. The number of aryl methyl sites for hydroxylation is 1. The van der Waals surface area contributed by atoms with Crippen LogP contribution in [0.15, 0.2) is 24.3 Å². The Hall–Kier alpha value is -0.820. The molecule has 1 fully saturated rings. The highest BCUT2D eigenvalue weighted by Crippen LogP contribution is 2.23. The second-order valence-electron chi connectivity index (χ2n) is 6.02. The van der Waals surface area contributed by atoms with E-state index in [4.69, 9.17) is 0 Å². The van der Waals surface area contributed by atoms with Gasteiger partial charge in [-0.2, -0.15) is 0 Å². The summed E-state index contributed by atoms with van der Waals surface area (Å²) in [4.78, 5) is 0. The third-order valence-electron chi connectivity index (χ3n) is 4.31. The Kier molecular flexibility index (Phi) is 4.82. The largest absolute Gasteiger partial charge is 0.314 e. The summed E-state index contributed by atoms with van der Waals surface area (Å²) in [6.45, 7) is 8.05. The fourth-order valence-electron chi connectivity index (χ4n) is 2.44. The van der Waals surface area contributed by atoms with E-state index in [2.05, 4.69) is 50.4 Å². The molecule has 1 aromatic rings. The fraction of sp³-hybridized carbons (Fsp3) is 0.647. The van der Waals surface area contributed by atoms with E-state index in [1.165, 1.54) is 43.4 Å². The van der Waals surface area contributed by atoms with E-state index in [-0.39, 0.29) is 0 Å². The van der Waals surface area contributed by atoms with Gasteiger partial charge in [0.25, 0.3) is 0 Å². The standard InChI is InChI=1S/C17H27N/c1-4-14(3)16(12-18-17-9-10-17)11-15-7-5-13(2)6-8-15/h5-8,14,16-18H,4,9-12H2,1-3H3. The second kappa shape index (κ2) is 6.38. The van der Waals surface area contributed by atoms with Gasteiger partial charge in [0, 0.05) is 6.04 Å². The Morgan fingerprint density at radius 3 is 2.44 bits per heavy atom. The molecule has 2 rings (SSSR count). The molecule has 0 amide bonds. The van der Waals surface area contributed by atoms with Crippen LogP contribution in [-0.2, 0) is 6.42 Å². The van der Waals surface area contributed by atoms with Crippen molar-refractivity contribution in [3.63, 3.8) is 0 Å². The predicted molar refractivity (Wildman–Crippen MR) is 78.9 cm³/mol. The van der Waals surface area contributed by atoms with Crippen LogP contribution in [-0.4, -0.2) is 12.6 Å². The lowest BCUT2D eigenvalue weighted by molar-refractivity contribution is 0.328. The molecule has 2 atom stereocenters. The van der Waals surface area contributed by atoms with E-state index in [0.29, 0.717) is 0 Å². The average Bonchev–Trinajstić information content (AvgIpc) is 3.20. The molecule has 0 heterocycles. The van der Waals surface area contributed by atoms with Crippen LogP contribution in [0.25, 0.3) is 0 Å². The Morgan fingerprint density at radius 1 is 1.22 bits per heavy atom. The molecule has 0 spiro atoms. The van der Waals surface area contributed by atoms with Gasteiger partial charge in [-0.1, -0.05) is 50.1 Å². The number of nitrogens with one attached hydrogen (secondary N) is 1. The van der Waals surface area contributed by atoms with Crippen molar-refractivity contribution in [3.8, 4) is 0 Å². The van der Waals surface area contributed by atoms with E-state index in [1.807, 2.05) is 0 Å². The van der Waals surface area contributed by atoms with Gasteiger partial charge in [-0.25, -0.2) is 0 Å². The van der Waals surface area contributed by atoms with Gasteiger partial charge in [-0.15, -0.1) is 0 Å². The van der Waals surface area contributed by atoms with Crippen LogP contribution in [0.4, 0.5) is 0 Å². The zero-order valence-corrected chi connectivity index (χ0v) is 12.1. The highest BCUT2D eigenvalue weighted by Gasteiger charge is 2.23. The second-order valence-corrected chi connectivity index (χ2v) is 6.02. The molecule has 1 saturated carbocycles. The van der Waals surface area contributed by atoms with Gasteiger partial charge in [0.05, 0.1) is 0 Å². The molecule has 1 nitrogen and oxygen atoms in total. The van der Waals surface area contributed by atoms with Crippen LogP contribution < -0.4 is 5.32 Å². The molecular weight excluding hydrogens is 218 g/mol. The van der Waals surface area contributed by atoms with Crippen LogP contribution in [0, 0.1) is 18.8 Å². The van der Waals surface area contributed by atoms with Gasteiger partial charge in [0.2, 0.25) is 0 Å². The lowest BCUT2D eigenvalue weighted by Gasteiger charge is -2.23. The first-order valence-electron chi connectivity index (χ1n) is 7.48. The highest BCUT2D eigenvalue weighted by atomic mass is 14.9. The lowest BCUT2D eigenvalue weighted by atomic mass is 9.86. The van der Waals surface area contributed by atoms with E-state index >= 15 is 0 Å². The van der Waals surface area contributed by atoms with Crippen LogP contribution in [0.3, 0.4) is 0 Å². The Balaban J connectivity index is 1.91. The van der Waals surface area contributed by atoms with Crippen LogP contribution in [0.1, 0.15) is 44.2 Å². The smallest absolute Gasteiger partial charge is 0.00683 e. The van der Waals surface area contributed by atoms with Gasteiger partial charge in [0.1, 0.15) is 0 Å². The third kappa shape index (κ3) is 4.13. The first kappa shape index (κ1) is 13.6. The van der Waals surface area contributed by atoms with Crippen molar-refractivity contribution in [2.24, 2.45) is 11.8 Å². The number of hydrogen-bond donors (Lipinski definition) is 1. The van der Waals surface area contributed by atoms with E-state index < -0.39 is 0 Å². The summed E-state index contributed by atoms with van der Waals surface area (Å²) in [6.07, 6.45) is 5.27. The molecule has 2 unspecified atom stereocenters. The molecule has 18 heavy (non-hydrogen) atoms. The van der Waals surface area contributed by atoms with Crippen molar-refractivity contribution in [1.29, 1.82) is 0 Å². The molecule has 1 heteroatoms. The summed E-state index contributed by atoms with van der Waals surface area (Å²) in [5, 5.41) is 3.70. The minimum Gasteiger partial charge on any atom is -0.314 e. The summed E-state index contributed by atoms with van der Waals surface area (Å²) in [5.41, 5.74) is 2.85. The molecule has 100 valence electrons. The minimum atomic E-state index is 0.776. The van der Waals surface area contributed by atoms with E-state index in [0.717, 1.165) is 17.9 Å². The lowest BCUT2D eigenvalue weighted by Crippen LogP contribution is -2.30. The quantitative estimate of drug-likeness (QED) is 0.767. The Labute approximate surface area is 112 Å². The predicted octanol–water partition coefficient (Wildman–Crippen LogP) is 3.95. The first-order valence-corrected chi connectivity index (χ1v) is 7.48. The minimum absolute atomic E-state index is 0.776. The van der Waals surface area contributed by atoms with Crippen molar-refractivity contribution >= 4 is 0 Å². The molecule has 0 saturated heterocycles. The number of rotatable bonds is 7. The Bertz CT molecular complexity index is 350. The number of hydrogen-bond acceptors (Lipinski definition) is 1. The molecule has 0 bridgehead atoms. The molecule has 0 aromatic heterocycles. The molecular formula is C17H27N. The zero-order chi connectivity index (χ0) is 13.0. The summed E-state index contributed by atoms with van der Waals surface area (Å²) < 4.78 is 0. The third-order valence-corrected chi connectivity index (χ3v) is 4.31. The number of benzene rings is 1. The summed E-state index contributed by atoms with van der Waals surface area (Å²) in [5.74, 6) is 1.58. The average molecular weight is 245 g/mol.